The first-order valence-corrected chi connectivity index (χ1v) is 9.20. The maximum absolute atomic E-state index is 13.1. The second-order valence-corrected chi connectivity index (χ2v) is 6.78. The molecular formula is C19H25N3O4. The fourth-order valence-corrected chi connectivity index (χ4v) is 3.57. The smallest absolute Gasteiger partial charge is 0.233 e. The second kappa shape index (κ2) is 8.31. The highest BCUT2D eigenvalue weighted by atomic mass is 16.5. The van der Waals surface area contributed by atoms with Gasteiger partial charge in [-0.1, -0.05) is 31.9 Å². The van der Waals surface area contributed by atoms with Crippen LogP contribution in [0.1, 0.15) is 51.0 Å². The van der Waals surface area contributed by atoms with Crippen LogP contribution in [0.25, 0.3) is 11.1 Å². The van der Waals surface area contributed by atoms with E-state index in [0.717, 1.165) is 31.2 Å². The van der Waals surface area contributed by atoms with Crippen LogP contribution in [0.5, 0.6) is 0 Å². The van der Waals surface area contributed by atoms with Crippen molar-refractivity contribution in [3.63, 3.8) is 0 Å². The van der Waals surface area contributed by atoms with Gasteiger partial charge in [-0.05, 0) is 31.4 Å². The van der Waals surface area contributed by atoms with Crippen molar-refractivity contribution >= 4 is 23.4 Å². The van der Waals surface area contributed by atoms with E-state index in [-0.39, 0.29) is 18.5 Å². The quantitative estimate of drug-likeness (QED) is 0.444. The molecule has 0 aliphatic carbocycles. The first kappa shape index (κ1) is 18.4. The molecular weight excluding hydrogens is 334 g/mol. The van der Waals surface area contributed by atoms with Crippen molar-refractivity contribution in [1.82, 2.24) is 14.9 Å². The second-order valence-electron chi connectivity index (χ2n) is 6.78. The molecule has 2 heterocycles. The van der Waals surface area contributed by atoms with Crippen LogP contribution in [0, 0.1) is 5.92 Å². The van der Waals surface area contributed by atoms with Crippen molar-refractivity contribution in [2.75, 3.05) is 13.1 Å². The SMILES string of the molecule is CCCCC(CN(O)C=O)C(=O)N1CCCC1c1nc2ccccc2o1. The Morgan fingerprint density at radius 3 is 3.04 bits per heavy atom. The zero-order chi connectivity index (χ0) is 18.5. The predicted octanol–water partition coefficient (Wildman–Crippen LogP) is 3.15. The van der Waals surface area contributed by atoms with Gasteiger partial charge in [0, 0.05) is 6.54 Å². The Kier molecular flexibility index (Phi) is 5.88. The number of rotatable bonds is 8. The van der Waals surface area contributed by atoms with Gasteiger partial charge in [0.05, 0.1) is 12.5 Å². The van der Waals surface area contributed by atoms with E-state index >= 15 is 0 Å². The highest BCUT2D eigenvalue weighted by molar-refractivity contribution is 5.80. The Morgan fingerprint density at radius 1 is 1.50 bits per heavy atom. The number of amides is 2. The van der Waals surface area contributed by atoms with E-state index in [1.165, 1.54) is 0 Å². The largest absolute Gasteiger partial charge is 0.438 e. The number of aromatic nitrogens is 1. The maximum Gasteiger partial charge on any atom is 0.233 e. The summed E-state index contributed by atoms with van der Waals surface area (Å²) in [6.45, 7) is 2.70. The van der Waals surface area contributed by atoms with E-state index in [0.29, 0.717) is 35.9 Å². The number of carbonyl (C=O) groups excluding carboxylic acids is 2. The summed E-state index contributed by atoms with van der Waals surface area (Å²) in [5.41, 5.74) is 1.50. The number of carbonyl (C=O) groups is 2. The molecule has 7 heteroatoms. The van der Waals surface area contributed by atoms with Crippen molar-refractivity contribution in [3.05, 3.63) is 30.2 Å². The van der Waals surface area contributed by atoms with Crippen LogP contribution in [-0.2, 0) is 9.59 Å². The number of para-hydroxylation sites is 2. The van der Waals surface area contributed by atoms with Crippen LogP contribution in [0.4, 0.5) is 0 Å². The first-order valence-electron chi connectivity index (χ1n) is 9.20. The molecule has 2 atom stereocenters. The van der Waals surface area contributed by atoms with Gasteiger partial charge in [-0.3, -0.25) is 14.8 Å². The molecule has 0 saturated carbocycles. The molecule has 7 nitrogen and oxygen atoms in total. The van der Waals surface area contributed by atoms with Crippen molar-refractivity contribution in [2.24, 2.45) is 5.92 Å². The number of unbranched alkanes of at least 4 members (excludes halogenated alkanes) is 1. The Labute approximate surface area is 152 Å². The van der Waals surface area contributed by atoms with Gasteiger partial charge < -0.3 is 9.32 Å². The average Bonchev–Trinajstić information content (AvgIpc) is 3.30. The summed E-state index contributed by atoms with van der Waals surface area (Å²) in [5.74, 6) is 0.0850. The van der Waals surface area contributed by atoms with E-state index in [4.69, 9.17) is 4.42 Å². The lowest BCUT2D eigenvalue weighted by atomic mass is 9.99. The maximum atomic E-state index is 13.1. The molecule has 0 bridgehead atoms. The number of likely N-dealkylation sites (tertiary alicyclic amines) is 1. The van der Waals surface area contributed by atoms with Crippen molar-refractivity contribution in [1.29, 1.82) is 0 Å². The number of hydroxylamine groups is 2. The lowest BCUT2D eigenvalue weighted by molar-refractivity contribution is -0.157. The minimum absolute atomic E-state index is 0.0130. The molecule has 1 aliphatic rings. The van der Waals surface area contributed by atoms with E-state index in [1.54, 1.807) is 4.90 Å². The molecule has 2 unspecified atom stereocenters. The van der Waals surface area contributed by atoms with Crippen LogP contribution in [0.3, 0.4) is 0 Å². The highest BCUT2D eigenvalue weighted by Crippen LogP contribution is 2.34. The molecule has 0 spiro atoms. The molecule has 140 valence electrons. The van der Waals surface area contributed by atoms with Crippen molar-refractivity contribution in [2.45, 2.75) is 45.1 Å². The standard InChI is InChI=1S/C19H25N3O4/c1-2-3-7-14(12-21(25)13-23)19(24)22-11-6-9-16(22)18-20-15-8-4-5-10-17(15)26-18/h4-5,8,10,13-14,16,25H,2-3,6-7,9,11-12H2,1H3. The van der Waals surface area contributed by atoms with Gasteiger partial charge >= 0.3 is 0 Å². The molecule has 1 N–H and O–H groups in total. The fourth-order valence-electron chi connectivity index (χ4n) is 3.57. The number of oxazole rings is 1. The van der Waals surface area contributed by atoms with Crippen LogP contribution in [0.15, 0.2) is 28.7 Å². The van der Waals surface area contributed by atoms with Gasteiger partial charge in [-0.25, -0.2) is 10.0 Å². The van der Waals surface area contributed by atoms with Gasteiger partial charge in [0.25, 0.3) is 0 Å². The summed E-state index contributed by atoms with van der Waals surface area (Å²) < 4.78 is 5.87. The summed E-state index contributed by atoms with van der Waals surface area (Å²) >= 11 is 0. The third kappa shape index (κ3) is 3.88. The highest BCUT2D eigenvalue weighted by Gasteiger charge is 2.36. The van der Waals surface area contributed by atoms with Crippen LogP contribution in [0.2, 0.25) is 0 Å². The molecule has 1 aromatic heterocycles. The topological polar surface area (TPSA) is 86.9 Å². The molecule has 2 aromatic rings. The molecule has 1 fully saturated rings. The molecule has 2 amide bonds. The monoisotopic (exact) mass is 359 g/mol. The summed E-state index contributed by atoms with van der Waals surface area (Å²) in [4.78, 5) is 30.2. The lowest BCUT2D eigenvalue weighted by Crippen LogP contribution is -2.40. The summed E-state index contributed by atoms with van der Waals surface area (Å²) in [5, 5.41) is 10.1. The third-order valence-electron chi connectivity index (χ3n) is 4.92. The molecule has 0 radical (unpaired) electrons. The zero-order valence-corrected chi connectivity index (χ0v) is 15.0. The van der Waals surface area contributed by atoms with Gasteiger partial charge in [-0.2, -0.15) is 0 Å². The normalized spacial score (nSPS) is 18.2. The molecule has 1 aliphatic heterocycles. The summed E-state index contributed by atoms with van der Waals surface area (Å²) in [7, 11) is 0. The number of benzene rings is 1. The minimum atomic E-state index is -0.421. The minimum Gasteiger partial charge on any atom is -0.438 e. The third-order valence-corrected chi connectivity index (χ3v) is 4.92. The zero-order valence-electron chi connectivity index (χ0n) is 15.0. The lowest BCUT2D eigenvalue weighted by Gasteiger charge is -2.28. The number of hydrogen-bond acceptors (Lipinski definition) is 5. The Hall–Kier alpha value is -2.41. The number of hydrogen-bond donors (Lipinski definition) is 1. The number of fused-ring (bicyclic) bond motifs is 1. The van der Waals surface area contributed by atoms with Crippen LogP contribution >= 0.6 is 0 Å². The molecule has 1 aromatic carbocycles. The Bertz CT molecular complexity index is 727. The van der Waals surface area contributed by atoms with E-state index in [2.05, 4.69) is 11.9 Å². The van der Waals surface area contributed by atoms with Gasteiger partial charge in [-0.15, -0.1) is 0 Å². The van der Waals surface area contributed by atoms with Crippen LogP contribution in [-0.4, -0.2) is 45.6 Å². The predicted molar refractivity (Wildman–Crippen MR) is 95.3 cm³/mol. The fraction of sp³-hybridized carbons (Fsp3) is 0.526. The summed E-state index contributed by atoms with van der Waals surface area (Å²) in [6.07, 6.45) is 4.47. The molecule has 3 rings (SSSR count). The van der Waals surface area contributed by atoms with E-state index in [1.807, 2.05) is 24.3 Å². The summed E-state index contributed by atoms with van der Waals surface area (Å²) in [6, 6.07) is 7.36. The van der Waals surface area contributed by atoms with Gasteiger partial charge in [0.2, 0.25) is 18.2 Å². The van der Waals surface area contributed by atoms with Crippen molar-refractivity contribution < 1.29 is 19.2 Å². The van der Waals surface area contributed by atoms with Gasteiger partial charge in [0.1, 0.15) is 11.6 Å². The average molecular weight is 359 g/mol. The Balaban J connectivity index is 1.80. The van der Waals surface area contributed by atoms with E-state index < -0.39 is 5.92 Å². The molecule has 1 saturated heterocycles. The van der Waals surface area contributed by atoms with E-state index in [9.17, 15) is 14.8 Å². The number of nitrogens with zero attached hydrogens (tertiary/aromatic N) is 3. The van der Waals surface area contributed by atoms with Crippen molar-refractivity contribution in [3.8, 4) is 0 Å². The molecule has 26 heavy (non-hydrogen) atoms. The Morgan fingerprint density at radius 2 is 2.31 bits per heavy atom. The van der Waals surface area contributed by atoms with Gasteiger partial charge in [0.15, 0.2) is 5.58 Å². The first-order chi connectivity index (χ1) is 12.6. The van der Waals surface area contributed by atoms with Crippen LogP contribution < -0.4 is 0 Å².